The van der Waals surface area contributed by atoms with Gasteiger partial charge in [-0.05, 0) is 0 Å². The predicted molar refractivity (Wildman–Crippen MR) is 70.9 cm³/mol. The highest BCUT2D eigenvalue weighted by Gasteiger charge is 2.56. The molecule has 0 saturated carbocycles. The average Bonchev–Trinajstić information content (AvgIpc) is 2.73. The molecule has 1 aliphatic heterocycles. The quantitative estimate of drug-likeness (QED) is 0.594. The molecule has 2 heterocycles. The number of alkyl halides is 1. The summed E-state index contributed by atoms with van der Waals surface area (Å²) in [5, 5.41) is 28.1. The number of aliphatic hydroxyl groups excluding tert-OH is 3. The lowest BCUT2D eigenvalue weighted by Crippen LogP contribution is -2.42. The molecule has 0 bridgehead atoms. The smallest absolute Gasteiger partial charge is 0.353 e. The molecule has 0 aromatic carbocycles. The van der Waals surface area contributed by atoms with Gasteiger partial charge in [0, 0.05) is 6.20 Å². The van der Waals surface area contributed by atoms with Crippen LogP contribution in [0.5, 0.6) is 5.88 Å². The van der Waals surface area contributed by atoms with Crippen LogP contribution in [0.3, 0.4) is 0 Å². The van der Waals surface area contributed by atoms with Crippen molar-refractivity contribution in [1.29, 1.82) is 0 Å². The number of hydrogen-bond acceptors (Lipinski definition) is 7. The number of hydrogen-bond donors (Lipinski definition) is 3. The van der Waals surface area contributed by atoms with E-state index in [9.17, 15) is 19.4 Å². The van der Waals surface area contributed by atoms with Gasteiger partial charge in [0.2, 0.25) is 5.88 Å². The molecule has 1 saturated heterocycles. The molecule has 0 radical (unpaired) electrons. The molecular weight excluding hydrogens is 323 g/mol. The number of halogens is 2. The number of aromatic nitrogens is 2. The fraction of sp³-hybridized carbons (Fsp3) is 0.500. The van der Waals surface area contributed by atoms with Crippen molar-refractivity contribution in [1.82, 2.24) is 9.55 Å². The van der Waals surface area contributed by atoms with E-state index in [1.807, 2.05) is 0 Å². The Balaban J connectivity index is 2.36. The van der Waals surface area contributed by atoms with E-state index < -0.39 is 36.6 Å². The van der Waals surface area contributed by atoms with Gasteiger partial charge in [-0.25, -0.2) is 9.18 Å². The summed E-state index contributed by atoms with van der Waals surface area (Å²) in [6.45, 7) is -1.38. The number of ether oxygens (including phenoxy) is 2. The van der Waals surface area contributed by atoms with Crippen LogP contribution in [0.1, 0.15) is 6.23 Å². The third-order valence-corrected chi connectivity index (χ3v) is 3.29. The fourth-order valence-corrected chi connectivity index (χ4v) is 2.13. The molecule has 4 atom stereocenters. The normalized spacial score (nSPS) is 31.0. The van der Waals surface area contributed by atoms with Crippen LogP contribution in [0.15, 0.2) is 11.0 Å². The molecule has 1 aromatic heterocycles. The predicted octanol–water partition coefficient (Wildman–Crippen LogP) is -1.18. The summed E-state index contributed by atoms with van der Waals surface area (Å²) in [5.74, 6) is -0.983. The van der Waals surface area contributed by atoms with Gasteiger partial charge in [0.1, 0.15) is 23.8 Å². The highest BCUT2D eigenvalue weighted by atomic mass is 35.5. The molecule has 0 aliphatic carbocycles. The molecule has 1 fully saturated rings. The first-order valence-electron chi connectivity index (χ1n) is 6.02. The molecule has 8 nitrogen and oxygen atoms in total. The second-order valence-electron chi connectivity index (χ2n) is 4.46. The summed E-state index contributed by atoms with van der Waals surface area (Å²) >= 11 is 5.85. The first kappa shape index (κ1) is 16.7. The second-order valence-corrected chi connectivity index (χ2v) is 4.87. The molecule has 1 aliphatic rings. The van der Waals surface area contributed by atoms with E-state index in [1.54, 1.807) is 0 Å². The first-order chi connectivity index (χ1) is 10.3. The minimum absolute atomic E-state index is 0.138. The second kappa shape index (κ2) is 6.20. The average molecular weight is 335 g/mol. The van der Waals surface area contributed by atoms with Crippen molar-refractivity contribution in [3.63, 3.8) is 0 Å². The van der Waals surface area contributed by atoms with Crippen LogP contribution in [-0.4, -0.2) is 56.1 Å². The molecule has 3 N–H and O–H groups in total. The highest BCUT2D eigenvalue weighted by Crippen LogP contribution is 2.37. The molecule has 120 valence electrons. The van der Waals surface area contributed by atoms with Crippen molar-refractivity contribution in [2.75, 3.05) is 13.2 Å². The standard InChI is InChI=1S/C12H12ClFN2O6/c1-2-3-21-9-6(13)4-16(11(20)15-9)10-7(18)8(19)12(14,5-17)22-10/h1,4,7-8,10,17-19H,3,5H2/t7-,8+,10-,12-/m1/s1. The molecule has 2 rings (SSSR count). The van der Waals surface area contributed by atoms with Crippen LogP contribution in [0.4, 0.5) is 4.39 Å². The summed E-state index contributed by atoms with van der Waals surface area (Å²) in [6.07, 6.45) is 0.506. The maximum absolute atomic E-state index is 14.0. The van der Waals surface area contributed by atoms with Crippen molar-refractivity contribution < 1.29 is 29.2 Å². The van der Waals surface area contributed by atoms with Gasteiger partial charge in [-0.2, -0.15) is 4.98 Å². The Morgan fingerprint density at radius 2 is 2.32 bits per heavy atom. The van der Waals surface area contributed by atoms with Gasteiger partial charge in [0.15, 0.2) is 12.8 Å². The largest absolute Gasteiger partial charge is 0.463 e. The molecule has 10 heteroatoms. The zero-order valence-corrected chi connectivity index (χ0v) is 11.8. The molecule has 0 spiro atoms. The van der Waals surface area contributed by atoms with Crippen LogP contribution >= 0.6 is 11.6 Å². The van der Waals surface area contributed by atoms with E-state index in [1.165, 1.54) is 0 Å². The Morgan fingerprint density at radius 3 is 2.86 bits per heavy atom. The lowest BCUT2D eigenvalue weighted by molar-refractivity contribution is -0.207. The van der Waals surface area contributed by atoms with E-state index in [2.05, 4.69) is 10.9 Å². The Labute approximate surface area is 128 Å². The summed E-state index contributed by atoms with van der Waals surface area (Å²) in [5.41, 5.74) is -0.977. The van der Waals surface area contributed by atoms with Crippen molar-refractivity contribution in [3.05, 3.63) is 21.7 Å². The van der Waals surface area contributed by atoms with Crippen LogP contribution in [0.2, 0.25) is 5.02 Å². The van der Waals surface area contributed by atoms with Crippen molar-refractivity contribution in [3.8, 4) is 18.2 Å². The van der Waals surface area contributed by atoms with Crippen LogP contribution < -0.4 is 10.4 Å². The number of aliphatic hydroxyl groups is 3. The minimum atomic E-state index is -2.91. The van der Waals surface area contributed by atoms with Crippen molar-refractivity contribution >= 4 is 11.6 Å². The Bertz CT molecular complexity index is 662. The lowest BCUT2D eigenvalue weighted by Gasteiger charge is -2.20. The van der Waals surface area contributed by atoms with Gasteiger partial charge in [-0.1, -0.05) is 17.5 Å². The number of terminal acetylenes is 1. The van der Waals surface area contributed by atoms with E-state index in [0.29, 0.717) is 4.57 Å². The van der Waals surface area contributed by atoms with Crippen LogP contribution in [-0.2, 0) is 4.74 Å². The fourth-order valence-electron chi connectivity index (χ4n) is 1.93. The molecule has 1 aromatic rings. The van der Waals surface area contributed by atoms with E-state index in [-0.39, 0.29) is 17.5 Å². The summed E-state index contributed by atoms with van der Waals surface area (Å²) in [6, 6.07) is 0. The van der Waals surface area contributed by atoms with Gasteiger partial charge in [-0.15, -0.1) is 6.42 Å². The zero-order chi connectivity index (χ0) is 16.5. The van der Waals surface area contributed by atoms with Crippen molar-refractivity contribution in [2.45, 2.75) is 24.3 Å². The van der Waals surface area contributed by atoms with Gasteiger partial charge in [0.05, 0.1) is 0 Å². The minimum Gasteiger partial charge on any atom is -0.463 e. The van der Waals surface area contributed by atoms with E-state index in [0.717, 1.165) is 6.20 Å². The van der Waals surface area contributed by atoms with Gasteiger partial charge in [-0.3, -0.25) is 4.57 Å². The number of rotatable bonds is 4. The van der Waals surface area contributed by atoms with E-state index in [4.69, 9.17) is 32.6 Å². The molecule has 22 heavy (non-hydrogen) atoms. The van der Waals surface area contributed by atoms with Gasteiger partial charge in [0.25, 0.3) is 5.85 Å². The number of nitrogens with zero attached hydrogens (tertiary/aromatic N) is 2. The molecular formula is C12H12ClFN2O6. The summed E-state index contributed by atoms with van der Waals surface area (Å²) < 4.78 is 24.4. The van der Waals surface area contributed by atoms with Crippen molar-refractivity contribution in [2.24, 2.45) is 0 Å². The molecule has 0 unspecified atom stereocenters. The molecule has 0 amide bonds. The summed E-state index contributed by atoms with van der Waals surface area (Å²) in [7, 11) is 0. The highest BCUT2D eigenvalue weighted by molar-refractivity contribution is 6.31. The first-order valence-corrected chi connectivity index (χ1v) is 6.40. The maximum Gasteiger partial charge on any atom is 0.353 e. The zero-order valence-electron chi connectivity index (χ0n) is 11.0. The summed E-state index contributed by atoms with van der Waals surface area (Å²) in [4.78, 5) is 15.4. The van der Waals surface area contributed by atoms with Gasteiger partial charge >= 0.3 is 5.69 Å². The lowest BCUT2D eigenvalue weighted by atomic mass is 10.1. The van der Waals surface area contributed by atoms with Crippen LogP contribution in [0.25, 0.3) is 0 Å². The third-order valence-electron chi connectivity index (χ3n) is 3.03. The maximum atomic E-state index is 14.0. The Morgan fingerprint density at radius 1 is 1.64 bits per heavy atom. The topological polar surface area (TPSA) is 114 Å². The SMILES string of the molecule is C#CCOc1nc(=O)n([C@@H]2O[C@](F)(CO)[C@@H](O)[C@H]2O)cc1Cl. The van der Waals surface area contributed by atoms with E-state index >= 15 is 0 Å². The van der Waals surface area contributed by atoms with Crippen LogP contribution in [0, 0.1) is 12.3 Å². The Kier molecular flexibility index (Phi) is 4.69. The third kappa shape index (κ3) is 2.79. The monoisotopic (exact) mass is 334 g/mol. The van der Waals surface area contributed by atoms with Gasteiger partial charge < -0.3 is 24.8 Å². The Hall–Kier alpha value is -1.70.